The molecule has 0 aromatic heterocycles. The average Bonchev–Trinajstić information content (AvgIpc) is 2.15. The number of hydrogen-bond acceptors (Lipinski definition) is 3. The Morgan fingerprint density at radius 3 is 2.46 bits per heavy atom. The first-order valence-electron chi connectivity index (χ1n) is 3.52. The lowest BCUT2D eigenvalue weighted by Crippen LogP contribution is -2.07. The van der Waals surface area contributed by atoms with Crippen LogP contribution in [-0.2, 0) is 20.3 Å². The third-order valence-corrected chi connectivity index (χ3v) is 1.81. The maximum atomic E-state index is 10.5. The number of carbonyl (C=O) groups is 1. The summed E-state index contributed by atoms with van der Waals surface area (Å²) in [6, 6.07) is 8.50. The van der Waals surface area contributed by atoms with E-state index in [9.17, 15) is 9.00 Å². The summed E-state index contributed by atoms with van der Waals surface area (Å²) in [5.41, 5.74) is 0.555. The molecule has 13 heavy (non-hydrogen) atoms. The van der Waals surface area contributed by atoms with Gasteiger partial charge in [-0.2, -0.15) is 4.21 Å². The van der Waals surface area contributed by atoms with E-state index in [1.165, 1.54) is 0 Å². The van der Waals surface area contributed by atoms with Gasteiger partial charge in [0, 0.05) is 0 Å². The molecular weight excluding hydrogens is 192 g/mol. The van der Waals surface area contributed by atoms with E-state index in [4.69, 9.17) is 4.55 Å². The molecule has 1 N–H and O–H groups in total. The molecule has 0 saturated heterocycles. The quantitative estimate of drug-likeness (QED) is 0.583. The van der Waals surface area contributed by atoms with Gasteiger partial charge >= 0.3 is 11.4 Å². The minimum absolute atomic E-state index is 0.476. The molecule has 4 nitrogen and oxygen atoms in total. The van der Waals surface area contributed by atoms with E-state index in [1.54, 1.807) is 30.3 Å². The van der Waals surface area contributed by atoms with Crippen LogP contribution in [0.25, 0.3) is 0 Å². The van der Waals surface area contributed by atoms with Gasteiger partial charge in [0.25, 0.3) is 0 Å². The van der Waals surface area contributed by atoms with Crippen LogP contribution in [0.2, 0.25) is 0 Å². The highest BCUT2D eigenvalue weighted by atomic mass is 32.2. The van der Waals surface area contributed by atoms with Crippen molar-refractivity contribution in [2.24, 2.45) is 0 Å². The number of benzene rings is 1. The Morgan fingerprint density at radius 2 is 2.00 bits per heavy atom. The van der Waals surface area contributed by atoms with Crippen molar-refractivity contribution in [3.05, 3.63) is 35.9 Å². The summed E-state index contributed by atoms with van der Waals surface area (Å²) in [6.45, 7) is 0. The zero-order valence-electron chi connectivity index (χ0n) is 6.62. The largest absolute Gasteiger partial charge is 0.302 e. The van der Waals surface area contributed by atoms with Gasteiger partial charge in [-0.3, -0.25) is 8.74 Å². The maximum absolute atomic E-state index is 10.5. The second-order valence-corrected chi connectivity index (χ2v) is 2.91. The Balaban J connectivity index is 2.78. The van der Waals surface area contributed by atoms with Gasteiger partial charge in [0.15, 0.2) is 12.4 Å². The smallest absolute Gasteiger partial charge is 0.300 e. The zero-order chi connectivity index (χ0) is 9.68. The Kier molecular flexibility index (Phi) is 3.75. The zero-order valence-corrected chi connectivity index (χ0v) is 7.44. The van der Waals surface area contributed by atoms with Crippen LogP contribution in [0.1, 0.15) is 11.7 Å². The first kappa shape index (κ1) is 10.0. The van der Waals surface area contributed by atoms with Gasteiger partial charge in [-0.1, -0.05) is 30.3 Å². The van der Waals surface area contributed by atoms with E-state index in [1.807, 2.05) is 0 Å². The van der Waals surface area contributed by atoms with E-state index in [0.717, 1.165) is 0 Å². The van der Waals surface area contributed by atoms with Crippen molar-refractivity contribution in [2.75, 3.05) is 0 Å². The molecule has 0 fully saturated rings. The number of aldehydes is 1. The number of carbonyl (C=O) groups excluding carboxylic acids is 1. The van der Waals surface area contributed by atoms with Crippen LogP contribution in [0.5, 0.6) is 0 Å². The normalized spacial score (nSPS) is 14.8. The van der Waals surface area contributed by atoms with Gasteiger partial charge in [-0.05, 0) is 5.56 Å². The Bertz CT molecular complexity index is 298. The van der Waals surface area contributed by atoms with Crippen LogP contribution in [0.15, 0.2) is 30.3 Å². The maximum Gasteiger partial charge on any atom is 0.302 e. The summed E-state index contributed by atoms with van der Waals surface area (Å²) in [7, 11) is 0. The summed E-state index contributed by atoms with van der Waals surface area (Å²) >= 11 is -2.43. The van der Waals surface area contributed by atoms with Crippen molar-refractivity contribution in [2.45, 2.75) is 6.10 Å². The van der Waals surface area contributed by atoms with Crippen LogP contribution in [0.4, 0.5) is 0 Å². The third kappa shape index (κ3) is 3.06. The van der Waals surface area contributed by atoms with Gasteiger partial charge in [0.1, 0.15) is 0 Å². The van der Waals surface area contributed by atoms with Gasteiger partial charge in [0.05, 0.1) is 0 Å². The van der Waals surface area contributed by atoms with E-state index in [2.05, 4.69) is 4.18 Å². The first-order valence-corrected chi connectivity index (χ1v) is 4.55. The monoisotopic (exact) mass is 200 g/mol. The minimum atomic E-state index is -2.43. The molecule has 5 heteroatoms. The van der Waals surface area contributed by atoms with Crippen molar-refractivity contribution in [1.82, 2.24) is 0 Å². The SMILES string of the molecule is O=CC(OS(=O)O)c1ccccc1. The number of rotatable bonds is 4. The minimum Gasteiger partial charge on any atom is -0.300 e. The second-order valence-electron chi connectivity index (χ2n) is 2.28. The highest BCUT2D eigenvalue weighted by Crippen LogP contribution is 2.14. The standard InChI is InChI=1S/C8H8O4S/c9-6-8(12-13(10)11)7-4-2-1-3-5-7/h1-6,8H,(H,10,11). The third-order valence-electron chi connectivity index (χ3n) is 1.44. The molecule has 70 valence electrons. The molecule has 0 aliphatic carbocycles. The predicted octanol–water partition coefficient (Wildman–Crippen LogP) is 1.08. The lowest BCUT2D eigenvalue weighted by molar-refractivity contribution is -0.113. The Morgan fingerprint density at radius 1 is 1.38 bits per heavy atom. The molecule has 2 unspecified atom stereocenters. The summed E-state index contributed by atoms with van der Waals surface area (Å²) in [6.07, 6.45) is -0.504. The van der Waals surface area contributed by atoms with Crippen molar-refractivity contribution < 1.29 is 17.7 Å². The lowest BCUT2D eigenvalue weighted by Gasteiger charge is -2.07. The van der Waals surface area contributed by atoms with Gasteiger partial charge in [0.2, 0.25) is 0 Å². The Labute approximate surface area is 78.0 Å². The van der Waals surface area contributed by atoms with Crippen LogP contribution in [0, 0.1) is 0 Å². The predicted molar refractivity (Wildman–Crippen MR) is 47.1 cm³/mol. The van der Waals surface area contributed by atoms with Gasteiger partial charge < -0.3 is 4.79 Å². The molecule has 0 radical (unpaired) electrons. The lowest BCUT2D eigenvalue weighted by atomic mass is 10.1. The van der Waals surface area contributed by atoms with Gasteiger partial charge in [-0.15, -0.1) is 0 Å². The molecule has 2 atom stereocenters. The molecular formula is C8H8O4S. The summed E-state index contributed by atoms with van der Waals surface area (Å²) in [4.78, 5) is 10.5. The van der Waals surface area contributed by atoms with E-state index in [-0.39, 0.29) is 0 Å². The topological polar surface area (TPSA) is 63.6 Å². The highest BCUT2D eigenvalue weighted by Gasteiger charge is 2.12. The molecule has 0 spiro atoms. The van der Waals surface area contributed by atoms with Crippen LogP contribution in [0.3, 0.4) is 0 Å². The fourth-order valence-corrected chi connectivity index (χ4v) is 1.22. The van der Waals surface area contributed by atoms with Crippen molar-refractivity contribution in [3.8, 4) is 0 Å². The number of hydrogen-bond donors (Lipinski definition) is 1. The van der Waals surface area contributed by atoms with Gasteiger partial charge in [-0.25, -0.2) is 0 Å². The summed E-state index contributed by atoms with van der Waals surface area (Å²) in [5.74, 6) is 0. The second kappa shape index (κ2) is 4.86. The first-order chi connectivity index (χ1) is 6.24. The van der Waals surface area contributed by atoms with E-state index in [0.29, 0.717) is 11.8 Å². The molecule has 0 saturated carbocycles. The van der Waals surface area contributed by atoms with E-state index < -0.39 is 17.5 Å². The average molecular weight is 200 g/mol. The van der Waals surface area contributed by atoms with Crippen LogP contribution < -0.4 is 0 Å². The molecule has 0 amide bonds. The molecule has 0 aliphatic rings. The molecule has 1 aromatic rings. The fraction of sp³-hybridized carbons (Fsp3) is 0.125. The molecule has 1 rings (SSSR count). The Hall–Kier alpha value is -1.04. The van der Waals surface area contributed by atoms with E-state index >= 15 is 0 Å². The summed E-state index contributed by atoms with van der Waals surface area (Å²) < 4.78 is 23.1. The van der Waals surface area contributed by atoms with Crippen molar-refractivity contribution in [1.29, 1.82) is 0 Å². The van der Waals surface area contributed by atoms with Crippen LogP contribution in [-0.4, -0.2) is 15.0 Å². The van der Waals surface area contributed by atoms with Crippen molar-refractivity contribution >= 4 is 17.6 Å². The molecule has 0 aliphatic heterocycles. The molecule has 1 aromatic carbocycles. The fourth-order valence-electron chi connectivity index (χ4n) is 0.888. The molecule has 0 bridgehead atoms. The van der Waals surface area contributed by atoms with Crippen LogP contribution >= 0.6 is 0 Å². The van der Waals surface area contributed by atoms with Crippen molar-refractivity contribution in [3.63, 3.8) is 0 Å². The highest BCUT2D eigenvalue weighted by molar-refractivity contribution is 7.74. The molecule has 0 heterocycles. The summed E-state index contributed by atoms with van der Waals surface area (Å²) in [5, 5.41) is 0.